The van der Waals surface area contributed by atoms with Crippen molar-refractivity contribution in [1.82, 2.24) is 19.5 Å². The first-order chi connectivity index (χ1) is 28.7. The first-order valence-electron chi connectivity index (χ1n) is 19.5. The zero-order chi connectivity index (χ0) is 38.2. The van der Waals surface area contributed by atoms with Crippen LogP contribution < -0.4 is 0 Å². The minimum Gasteiger partial charge on any atom is -0.308 e. The third-order valence-electron chi connectivity index (χ3n) is 11.4. The van der Waals surface area contributed by atoms with Crippen LogP contribution in [0.1, 0.15) is 0 Å². The highest BCUT2D eigenvalue weighted by atomic mass is 32.1. The molecule has 0 bridgehead atoms. The molecule has 3 heterocycles. The van der Waals surface area contributed by atoms with Gasteiger partial charge in [0.2, 0.25) is 0 Å². The van der Waals surface area contributed by atoms with Gasteiger partial charge in [0.15, 0.2) is 17.5 Å². The fourth-order valence-electron chi connectivity index (χ4n) is 8.62. The van der Waals surface area contributed by atoms with E-state index in [1.54, 1.807) is 0 Å². The second-order valence-electron chi connectivity index (χ2n) is 14.8. The number of hydrogen-bond donors (Lipinski definition) is 0. The van der Waals surface area contributed by atoms with E-state index in [0.29, 0.717) is 17.5 Å². The van der Waals surface area contributed by atoms with Gasteiger partial charge in [-0.2, -0.15) is 0 Å². The lowest BCUT2D eigenvalue weighted by Crippen LogP contribution is -2.00. The molecule has 0 saturated heterocycles. The van der Waals surface area contributed by atoms with E-state index < -0.39 is 0 Å². The Labute approximate surface area is 338 Å². The van der Waals surface area contributed by atoms with Gasteiger partial charge in [0, 0.05) is 42.9 Å². The second kappa shape index (κ2) is 13.1. The number of fused-ring (bicyclic) bond motifs is 8. The number of thiophene rings is 1. The molecular weight excluding hydrogens is 725 g/mol. The highest BCUT2D eigenvalue weighted by Crippen LogP contribution is 2.44. The molecule has 12 aromatic rings. The lowest BCUT2D eigenvalue weighted by molar-refractivity contribution is 1.08. The summed E-state index contributed by atoms with van der Waals surface area (Å²) in [5.74, 6) is 1.94. The molecule has 58 heavy (non-hydrogen) atoms. The van der Waals surface area contributed by atoms with Gasteiger partial charge in [-0.15, -0.1) is 11.3 Å². The normalized spacial score (nSPS) is 11.8. The Balaban J connectivity index is 1.09. The van der Waals surface area contributed by atoms with E-state index >= 15 is 0 Å². The van der Waals surface area contributed by atoms with Crippen LogP contribution in [-0.4, -0.2) is 19.5 Å². The van der Waals surface area contributed by atoms with Gasteiger partial charge in [-0.25, -0.2) is 15.0 Å². The van der Waals surface area contributed by atoms with E-state index in [4.69, 9.17) is 15.0 Å². The van der Waals surface area contributed by atoms with Crippen molar-refractivity contribution in [3.8, 4) is 51.0 Å². The SMILES string of the molecule is c1ccc(-c2cccc(-c3nc(-c4ccc5ccccc5c4)nc(-c4cccc5c4sc4c(-n6c7ccccc7c7cc8ccccc8cc76)cccc45)n3)c2)cc1. The Morgan fingerprint density at radius 3 is 1.74 bits per heavy atom. The summed E-state index contributed by atoms with van der Waals surface area (Å²) in [7, 11) is 0. The summed E-state index contributed by atoms with van der Waals surface area (Å²) >= 11 is 1.81. The molecule has 3 aromatic heterocycles. The van der Waals surface area contributed by atoms with Crippen molar-refractivity contribution in [2.75, 3.05) is 0 Å². The smallest absolute Gasteiger partial charge is 0.165 e. The quantitative estimate of drug-likeness (QED) is 0.176. The van der Waals surface area contributed by atoms with Gasteiger partial charge < -0.3 is 4.57 Å². The number of hydrogen-bond acceptors (Lipinski definition) is 4. The van der Waals surface area contributed by atoms with Crippen molar-refractivity contribution in [1.29, 1.82) is 0 Å². The molecule has 0 N–H and O–H groups in total. The third-order valence-corrected chi connectivity index (χ3v) is 12.7. The second-order valence-corrected chi connectivity index (χ2v) is 15.8. The summed E-state index contributed by atoms with van der Waals surface area (Å²) in [4.78, 5) is 15.7. The van der Waals surface area contributed by atoms with E-state index in [2.05, 4.69) is 193 Å². The molecule has 0 spiro atoms. The van der Waals surface area contributed by atoms with E-state index in [9.17, 15) is 0 Å². The van der Waals surface area contributed by atoms with Crippen LogP contribution in [0.25, 0.3) is 115 Å². The summed E-state index contributed by atoms with van der Waals surface area (Å²) in [6.07, 6.45) is 0. The van der Waals surface area contributed by atoms with Crippen LogP contribution in [0.2, 0.25) is 0 Å². The molecule has 0 radical (unpaired) electrons. The molecule has 0 aliphatic heterocycles. The van der Waals surface area contributed by atoms with Crippen LogP contribution in [0.3, 0.4) is 0 Å². The molecule has 9 aromatic carbocycles. The van der Waals surface area contributed by atoms with E-state index in [-0.39, 0.29) is 0 Å². The minimum atomic E-state index is 0.641. The standard InChI is InChI=1S/C53H32N4S/c1-2-13-33(14-3-1)36-19-10-20-39(29-36)51-54-52(40-28-27-34-15-4-5-16-35(34)30-40)56-53(55-51)44-24-11-22-42-43-23-12-26-47(50(43)58-49(42)44)57-46-25-9-8-21-41(46)45-31-37-17-6-7-18-38(37)32-48(45)57/h1-32H. The Kier molecular flexibility index (Phi) is 7.37. The topological polar surface area (TPSA) is 43.6 Å². The lowest BCUT2D eigenvalue weighted by Gasteiger charge is -2.11. The van der Waals surface area contributed by atoms with Gasteiger partial charge in [-0.3, -0.25) is 0 Å². The lowest BCUT2D eigenvalue weighted by atomic mass is 10.0. The summed E-state index contributed by atoms with van der Waals surface area (Å²) in [5.41, 5.74) is 8.70. The molecular formula is C53H32N4S. The van der Waals surface area contributed by atoms with Crippen molar-refractivity contribution in [2.24, 2.45) is 0 Å². The van der Waals surface area contributed by atoms with Crippen molar-refractivity contribution in [2.45, 2.75) is 0 Å². The van der Waals surface area contributed by atoms with Crippen molar-refractivity contribution < 1.29 is 0 Å². The van der Waals surface area contributed by atoms with Gasteiger partial charge in [-0.05, 0) is 75.1 Å². The highest BCUT2D eigenvalue weighted by Gasteiger charge is 2.21. The molecule has 270 valence electrons. The predicted octanol–water partition coefficient (Wildman–Crippen LogP) is 14.3. The van der Waals surface area contributed by atoms with Crippen LogP contribution in [0, 0.1) is 0 Å². The van der Waals surface area contributed by atoms with Crippen LogP contribution in [0.4, 0.5) is 0 Å². The highest BCUT2D eigenvalue weighted by molar-refractivity contribution is 7.26. The van der Waals surface area contributed by atoms with E-state index in [0.717, 1.165) is 43.6 Å². The maximum atomic E-state index is 5.28. The Morgan fingerprint density at radius 2 is 0.914 bits per heavy atom. The number of rotatable bonds is 5. The molecule has 0 amide bonds. The maximum absolute atomic E-state index is 5.28. The number of aromatic nitrogens is 4. The zero-order valence-electron chi connectivity index (χ0n) is 31.2. The zero-order valence-corrected chi connectivity index (χ0v) is 32.0. The average molecular weight is 757 g/mol. The van der Waals surface area contributed by atoms with E-state index in [1.807, 2.05) is 17.4 Å². The van der Waals surface area contributed by atoms with Crippen molar-refractivity contribution in [3.05, 3.63) is 194 Å². The molecule has 0 aliphatic rings. The first-order valence-corrected chi connectivity index (χ1v) is 20.3. The van der Waals surface area contributed by atoms with Crippen molar-refractivity contribution >= 4 is 74.9 Å². The van der Waals surface area contributed by atoms with Gasteiger partial charge in [0.05, 0.1) is 21.4 Å². The summed E-state index contributed by atoms with van der Waals surface area (Å²) in [5, 5.41) is 9.70. The predicted molar refractivity (Wildman–Crippen MR) is 244 cm³/mol. The van der Waals surface area contributed by atoms with Crippen LogP contribution in [0.15, 0.2) is 194 Å². The monoisotopic (exact) mass is 756 g/mol. The fraction of sp³-hybridized carbons (Fsp3) is 0. The Hall–Kier alpha value is -7.47. The fourth-order valence-corrected chi connectivity index (χ4v) is 9.94. The number of benzene rings is 9. The summed E-state index contributed by atoms with van der Waals surface area (Å²) in [6, 6.07) is 69.1. The van der Waals surface area contributed by atoms with Gasteiger partial charge >= 0.3 is 0 Å². The molecule has 0 fully saturated rings. The molecule has 4 nitrogen and oxygen atoms in total. The maximum Gasteiger partial charge on any atom is 0.165 e. The molecule has 12 rings (SSSR count). The van der Waals surface area contributed by atoms with Gasteiger partial charge in [0.1, 0.15) is 0 Å². The van der Waals surface area contributed by atoms with Gasteiger partial charge in [-0.1, -0.05) is 152 Å². The molecule has 0 atom stereocenters. The third kappa shape index (κ3) is 5.25. The number of nitrogens with zero attached hydrogens (tertiary/aromatic N) is 4. The summed E-state index contributed by atoms with van der Waals surface area (Å²) in [6.45, 7) is 0. The van der Waals surface area contributed by atoms with E-state index in [1.165, 1.54) is 53.4 Å². The first kappa shape index (κ1) is 32.7. The van der Waals surface area contributed by atoms with Crippen LogP contribution in [-0.2, 0) is 0 Å². The van der Waals surface area contributed by atoms with Crippen LogP contribution >= 0.6 is 11.3 Å². The Morgan fingerprint density at radius 1 is 0.328 bits per heavy atom. The Bertz CT molecular complexity index is 3580. The average Bonchev–Trinajstić information content (AvgIpc) is 3.84. The largest absolute Gasteiger partial charge is 0.308 e. The summed E-state index contributed by atoms with van der Waals surface area (Å²) < 4.78 is 4.82. The van der Waals surface area contributed by atoms with Crippen molar-refractivity contribution in [3.63, 3.8) is 0 Å². The molecule has 0 aliphatic carbocycles. The number of para-hydroxylation sites is 1. The molecule has 0 saturated carbocycles. The molecule has 5 heteroatoms. The van der Waals surface area contributed by atoms with Gasteiger partial charge in [0.25, 0.3) is 0 Å². The minimum absolute atomic E-state index is 0.641. The molecule has 0 unspecified atom stereocenters. The van der Waals surface area contributed by atoms with Crippen LogP contribution in [0.5, 0.6) is 0 Å².